The van der Waals surface area contributed by atoms with Crippen LogP contribution in [-0.4, -0.2) is 43.8 Å². The normalized spacial score (nSPS) is 31.9. The Morgan fingerprint density at radius 3 is 2.71 bits per heavy atom. The number of halogens is 1. The number of nitrogens with zero attached hydrogens (tertiary/aromatic N) is 1. The first-order chi connectivity index (χ1) is 6.84. The largest absolute Gasteiger partial charge is 0.317 e. The number of rotatable bonds is 2. The summed E-state index contributed by atoms with van der Waals surface area (Å²) in [4.78, 5) is 2.32. The smallest absolute Gasteiger partial charge is 0.113 e. The fourth-order valence-corrected chi connectivity index (χ4v) is 2.59. The van der Waals surface area contributed by atoms with Gasteiger partial charge in [0.15, 0.2) is 0 Å². The highest BCUT2D eigenvalue weighted by Crippen LogP contribution is 2.18. The van der Waals surface area contributed by atoms with Crippen LogP contribution >= 0.6 is 0 Å². The zero-order valence-electron chi connectivity index (χ0n) is 8.84. The summed E-state index contributed by atoms with van der Waals surface area (Å²) in [6.45, 7) is 5.23. The van der Waals surface area contributed by atoms with Crippen LogP contribution in [0.2, 0.25) is 0 Å². The standard InChI is InChI=1S/C11H21FN2/c12-11-2-1-7-14(9-11)8-10-3-5-13-6-4-10/h10-11,13H,1-9H2. The summed E-state index contributed by atoms with van der Waals surface area (Å²) in [6.07, 6.45) is 3.81. The SMILES string of the molecule is FC1CCCN(CC2CCNCC2)C1. The van der Waals surface area contributed by atoms with Gasteiger partial charge in [0.25, 0.3) is 0 Å². The Kier molecular flexibility index (Phi) is 3.76. The van der Waals surface area contributed by atoms with Gasteiger partial charge in [-0.15, -0.1) is 0 Å². The molecule has 82 valence electrons. The second-order valence-electron chi connectivity index (χ2n) is 4.69. The molecule has 0 aromatic carbocycles. The van der Waals surface area contributed by atoms with Gasteiger partial charge in [0.2, 0.25) is 0 Å². The van der Waals surface area contributed by atoms with Crippen molar-refractivity contribution in [2.75, 3.05) is 32.7 Å². The third-order valence-corrected chi connectivity index (χ3v) is 3.42. The number of hydrogen-bond acceptors (Lipinski definition) is 2. The van der Waals surface area contributed by atoms with Crippen molar-refractivity contribution >= 4 is 0 Å². The van der Waals surface area contributed by atoms with Gasteiger partial charge in [-0.3, -0.25) is 0 Å². The molecule has 0 aliphatic carbocycles. The van der Waals surface area contributed by atoms with Crippen LogP contribution in [0.1, 0.15) is 25.7 Å². The molecule has 0 bridgehead atoms. The molecule has 0 radical (unpaired) electrons. The van der Waals surface area contributed by atoms with Crippen molar-refractivity contribution in [2.24, 2.45) is 5.92 Å². The number of hydrogen-bond donors (Lipinski definition) is 1. The first-order valence-electron chi connectivity index (χ1n) is 5.92. The topological polar surface area (TPSA) is 15.3 Å². The van der Waals surface area contributed by atoms with Crippen LogP contribution in [-0.2, 0) is 0 Å². The molecule has 2 heterocycles. The van der Waals surface area contributed by atoms with E-state index in [-0.39, 0.29) is 0 Å². The summed E-state index contributed by atoms with van der Waals surface area (Å²) < 4.78 is 13.1. The molecule has 2 saturated heterocycles. The summed E-state index contributed by atoms with van der Waals surface area (Å²) in [6, 6.07) is 0. The van der Waals surface area contributed by atoms with Crippen molar-refractivity contribution in [1.29, 1.82) is 0 Å². The van der Waals surface area contributed by atoms with Crippen LogP contribution in [0, 0.1) is 5.92 Å². The molecule has 0 saturated carbocycles. The predicted molar refractivity (Wildman–Crippen MR) is 56.2 cm³/mol. The molecule has 0 amide bonds. The molecule has 0 aromatic heterocycles. The molecular weight excluding hydrogens is 179 g/mol. The van der Waals surface area contributed by atoms with E-state index in [1.165, 1.54) is 12.8 Å². The van der Waals surface area contributed by atoms with E-state index in [4.69, 9.17) is 0 Å². The molecule has 2 aliphatic heterocycles. The van der Waals surface area contributed by atoms with E-state index in [0.717, 1.165) is 44.9 Å². The minimum Gasteiger partial charge on any atom is -0.317 e. The Hall–Kier alpha value is -0.150. The number of piperidine rings is 2. The Labute approximate surface area is 85.9 Å². The van der Waals surface area contributed by atoms with Gasteiger partial charge in [-0.25, -0.2) is 4.39 Å². The van der Waals surface area contributed by atoms with E-state index in [9.17, 15) is 4.39 Å². The van der Waals surface area contributed by atoms with E-state index in [1.54, 1.807) is 0 Å². The highest BCUT2D eigenvalue weighted by molar-refractivity contribution is 4.77. The van der Waals surface area contributed by atoms with Gasteiger partial charge in [0.1, 0.15) is 6.17 Å². The maximum atomic E-state index is 13.1. The maximum Gasteiger partial charge on any atom is 0.113 e. The molecule has 1 N–H and O–H groups in total. The third-order valence-electron chi connectivity index (χ3n) is 3.42. The number of nitrogens with one attached hydrogen (secondary N) is 1. The van der Waals surface area contributed by atoms with Crippen LogP contribution in [0.3, 0.4) is 0 Å². The van der Waals surface area contributed by atoms with Crippen molar-refractivity contribution in [3.8, 4) is 0 Å². The minimum absolute atomic E-state index is 0.564. The second-order valence-corrected chi connectivity index (χ2v) is 4.69. The van der Waals surface area contributed by atoms with Gasteiger partial charge in [0.05, 0.1) is 0 Å². The van der Waals surface area contributed by atoms with E-state index in [2.05, 4.69) is 10.2 Å². The Bertz CT molecular complexity index is 169. The molecular formula is C11H21FN2. The van der Waals surface area contributed by atoms with Gasteiger partial charge in [-0.05, 0) is 51.2 Å². The van der Waals surface area contributed by atoms with Crippen LogP contribution in [0.15, 0.2) is 0 Å². The summed E-state index contributed by atoms with van der Waals surface area (Å²) in [5.74, 6) is 0.807. The Morgan fingerprint density at radius 2 is 2.00 bits per heavy atom. The summed E-state index contributed by atoms with van der Waals surface area (Å²) in [7, 11) is 0. The molecule has 3 heteroatoms. The lowest BCUT2D eigenvalue weighted by Gasteiger charge is -2.33. The fraction of sp³-hybridized carbons (Fsp3) is 1.00. The first kappa shape index (κ1) is 10.4. The molecule has 0 spiro atoms. The molecule has 1 unspecified atom stereocenters. The summed E-state index contributed by atoms with van der Waals surface area (Å²) in [5, 5.41) is 3.37. The van der Waals surface area contributed by atoms with Crippen LogP contribution in [0.25, 0.3) is 0 Å². The van der Waals surface area contributed by atoms with E-state index in [1.807, 2.05) is 0 Å². The molecule has 2 rings (SSSR count). The van der Waals surface area contributed by atoms with E-state index < -0.39 is 6.17 Å². The van der Waals surface area contributed by atoms with Crippen molar-refractivity contribution in [3.05, 3.63) is 0 Å². The van der Waals surface area contributed by atoms with Crippen LogP contribution in [0.4, 0.5) is 4.39 Å². The number of likely N-dealkylation sites (tertiary alicyclic amines) is 1. The second kappa shape index (κ2) is 5.08. The Balaban J connectivity index is 1.72. The van der Waals surface area contributed by atoms with Gasteiger partial charge in [-0.1, -0.05) is 0 Å². The lowest BCUT2D eigenvalue weighted by atomic mass is 9.96. The van der Waals surface area contributed by atoms with Crippen molar-refractivity contribution < 1.29 is 4.39 Å². The van der Waals surface area contributed by atoms with Gasteiger partial charge in [-0.2, -0.15) is 0 Å². The summed E-state index contributed by atoms with van der Waals surface area (Å²) in [5.41, 5.74) is 0. The van der Waals surface area contributed by atoms with Gasteiger partial charge < -0.3 is 10.2 Å². The van der Waals surface area contributed by atoms with Crippen molar-refractivity contribution in [3.63, 3.8) is 0 Å². The van der Waals surface area contributed by atoms with Gasteiger partial charge in [0, 0.05) is 13.1 Å². The molecule has 2 aliphatic rings. The molecule has 2 fully saturated rings. The lowest BCUT2D eigenvalue weighted by Crippen LogP contribution is -2.41. The average Bonchev–Trinajstić information content (AvgIpc) is 2.19. The maximum absolute atomic E-state index is 13.1. The van der Waals surface area contributed by atoms with E-state index in [0.29, 0.717) is 6.54 Å². The fourth-order valence-electron chi connectivity index (χ4n) is 2.59. The average molecular weight is 200 g/mol. The molecule has 2 nitrogen and oxygen atoms in total. The molecule has 0 aromatic rings. The van der Waals surface area contributed by atoms with Crippen molar-refractivity contribution in [2.45, 2.75) is 31.9 Å². The highest BCUT2D eigenvalue weighted by Gasteiger charge is 2.22. The molecule has 1 atom stereocenters. The van der Waals surface area contributed by atoms with Crippen molar-refractivity contribution in [1.82, 2.24) is 10.2 Å². The first-order valence-corrected chi connectivity index (χ1v) is 5.92. The minimum atomic E-state index is -0.564. The highest BCUT2D eigenvalue weighted by atomic mass is 19.1. The van der Waals surface area contributed by atoms with Crippen LogP contribution in [0.5, 0.6) is 0 Å². The van der Waals surface area contributed by atoms with Gasteiger partial charge >= 0.3 is 0 Å². The third kappa shape index (κ3) is 2.92. The monoisotopic (exact) mass is 200 g/mol. The number of alkyl halides is 1. The summed E-state index contributed by atoms with van der Waals surface area (Å²) >= 11 is 0. The van der Waals surface area contributed by atoms with Crippen LogP contribution < -0.4 is 5.32 Å². The quantitative estimate of drug-likeness (QED) is 0.725. The Morgan fingerprint density at radius 1 is 1.21 bits per heavy atom. The predicted octanol–water partition coefficient (Wildman–Crippen LogP) is 1.42. The van der Waals surface area contributed by atoms with E-state index >= 15 is 0 Å². The zero-order valence-corrected chi connectivity index (χ0v) is 8.84. The molecule has 14 heavy (non-hydrogen) atoms. The lowest BCUT2D eigenvalue weighted by molar-refractivity contribution is 0.115. The zero-order chi connectivity index (χ0) is 9.80.